The Labute approximate surface area is 90.3 Å². The van der Waals surface area contributed by atoms with Gasteiger partial charge in [0, 0.05) is 11.3 Å². The summed E-state index contributed by atoms with van der Waals surface area (Å²) in [6, 6.07) is 11.3. The minimum Gasteiger partial charge on any atom is -0.299 e. The minimum absolute atomic E-state index is 0.208. The van der Waals surface area contributed by atoms with Crippen molar-refractivity contribution < 1.29 is 0 Å². The average molecular weight is 207 g/mol. The van der Waals surface area contributed by atoms with Crippen LogP contribution in [0.4, 0.5) is 0 Å². The molecule has 0 radical (unpaired) electrons. The lowest BCUT2D eigenvalue weighted by Gasteiger charge is -2.16. The molecule has 0 unspecified atom stereocenters. The summed E-state index contributed by atoms with van der Waals surface area (Å²) in [5.74, 6) is 0. The van der Waals surface area contributed by atoms with Crippen LogP contribution in [0.25, 0.3) is 0 Å². The van der Waals surface area contributed by atoms with Crippen LogP contribution in [0.3, 0.4) is 0 Å². The lowest BCUT2D eigenvalue weighted by molar-refractivity contribution is 0.491. The van der Waals surface area contributed by atoms with E-state index in [2.05, 4.69) is 56.4 Å². The summed E-state index contributed by atoms with van der Waals surface area (Å²) in [6.07, 6.45) is 0. The zero-order valence-electron chi connectivity index (χ0n) is 8.95. The summed E-state index contributed by atoms with van der Waals surface area (Å²) in [5, 5.41) is 4.19. The Morgan fingerprint density at radius 3 is 2.36 bits per heavy atom. The molecular formula is C12H17NS. The van der Waals surface area contributed by atoms with Crippen LogP contribution in [0.15, 0.2) is 30.3 Å². The molecule has 2 heteroatoms. The van der Waals surface area contributed by atoms with E-state index in [1.165, 1.54) is 5.56 Å². The van der Waals surface area contributed by atoms with E-state index in [0.717, 1.165) is 0 Å². The molecule has 2 atom stereocenters. The minimum atomic E-state index is 0.208. The molecule has 14 heavy (non-hydrogen) atoms. The van der Waals surface area contributed by atoms with E-state index in [0.29, 0.717) is 11.3 Å². The van der Waals surface area contributed by atoms with Gasteiger partial charge in [-0.2, -0.15) is 0 Å². The van der Waals surface area contributed by atoms with Gasteiger partial charge in [0.2, 0.25) is 0 Å². The van der Waals surface area contributed by atoms with Gasteiger partial charge in [0.25, 0.3) is 0 Å². The third kappa shape index (κ3) is 1.96. The molecule has 1 aromatic carbocycles. The second-order valence-electron chi connectivity index (χ2n) is 4.39. The van der Waals surface area contributed by atoms with Crippen molar-refractivity contribution in [2.75, 3.05) is 0 Å². The van der Waals surface area contributed by atoms with Crippen LogP contribution in [0.5, 0.6) is 0 Å². The summed E-state index contributed by atoms with van der Waals surface area (Å²) in [6.45, 7) is 6.76. The van der Waals surface area contributed by atoms with Crippen molar-refractivity contribution in [3.05, 3.63) is 35.9 Å². The first kappa shape index (κ1) is 10.1. The van der Waals surface area contributed by atoms with Crippen LogP contribution in [-0.4, -0.2) is 10.9 Å². The average Bonchev–Trinajstić information content (AvgIpc) is 2.41. The second-order valence-corrected chi connectivity index (χ2v) is 6.16. The Kier molecular flexibility index (Phi) is 2.58. The van der Waals surface area contributed by atoms with E-state index in [9.17, 15) is 0 Å². The number of thioether (sulfide) groups is 1. The van der Waals surface area contributed by atoms with Crippen molar-refractivity contribution >= 4 is 11.8 Å². The largest absolute Gasteiger partial charge is 0.299 e. The highest BCUT2D eigenvalue weighted by Gasteiger charge is 2.37. The fourth-order valence-corrected chi connectivity index (χ4v) is 3.53. The maximum atomic E-state index is 3.60. The molecule has 1 saturated heterocycles. The molecule has 1 heterocycles. The summed E-state index contributed by atoms with van der Waals surface area (Å²) in [4.78, 5) is 0.208. The highest BCUT2D eigenvalue weighted by atomic mass is 32.2. The van der Waals surface area contributed by atoms with Crippen LogP contribution < -0.4 is 5.32 Å². The molecule has 0 saturated carbocycles. The van der Waals surface area contributed by atoms with Crippen LogP contribution in [0, 0.1) is 0 Å². The van der Waals surface area contributed by atoms with Gasteiger partial charge in [-0.3, -0.25) is 5.32 Å². The first-order valence-electron chi connectivity index (χ1n) is 5.09. The van der Waals surface area contributed by atoms with Gasteiger partial charge >= 0.3 is 0 Å². The van der Waals surface area contributed by atoms with Gasteiger partial charge in [0.05, 0.1) is 4.87 Å². The van der Waals surface area contributed by atoms with E-state index < -0.39 is 0 Å². The third-order valence-corrected chi connectivity index (χ3v) is 4.22. The molecule has 1 aliphatic rings. The van der Waals surface area contributed by atoms with Crippen LogP contribution in [0.1, 0.15) is 31.6 Å². The van der Waals surface area contributed by atoms with Crippen molar-refractivity contribution in [2.24, 2.45) is 0 Å². The van der Waals surface area contributed by atoms with E-state index in [1.807, 2.05) is 11.8 Å². The number of benzene rings is 1. The standard InChI is InChI=1S/C12H17NS/c1-9-11(14-12(2,3)13-9)10-7-5-4-6-8-10/h4-9,11,13H,1-3H3/t9-,11-/m1/s1. The Bertz CT molecular complexity index is 307. The number of hydrogen-bond acceptors (Lipinski definition) is 2. The fourth-order valence-electron chi connectivity index (χ4n) is 2.08. The van der Waals surface area contributed by atoms with Gasteiger partial charge in [-0.1, -0.05) is 30.3 Å². The summed E-state index contributed by atoms with van der Waals surface area (Å²) in [7, 11) is 0. The summed E-state index contributed by atoms with van der Waals surface area (Å²) in [5.41, 5.74) is 1.43. The highest BCUT2D eigenvalue weighted by Crippen LogP contribution is 2.45. The van der Waals surface area contributed by atoms with Crippen molar-refractivity contribution in [3.63, 3.8) is 0 Å². The highest BCUT2D eigenvalue weighted by molar-refractivity contribution is 8.01. The van der Waals surface area contributed by atoms with Gasteiger partial charge in [-0.25, -0.2) is 0 Å². The van der Waals surface area contributed by atoms with Gasteiger partial charge in [-0.05, 0) is 26.3 Å². The quantitative estimate of drug-likeness (QED) is 0.759. The van der Waals surface area contributed by atoms with Crippen LogP contribution in [-0.2, 0) is 0 Å². The predicted molar refractivity (Wildman–Crippen MR) is 63.5 cm³/mol. The zero-order valence-corrected chi connectivity index (χ0v) is 9.77. The second kappa shape index (κ2) is 3.59. The fraction of sp³-hybridized carbons (Fsp3) is 0.500. The number of hydrogen-bond donors (Lipinski definition) is 1. The summed E-state index contributed by atoms with van der Waals surface area (Å²) < 4.78 is 0. The maximum absolute atomic E-state index is 3.60. The van der Waals surface area contributed by atoms with Gasteiger partial charge in [-0.15, -0.1) is 11.8 Å². The van der Waals surface area contributed by atoms with E-state index in [1.54, 1.807) is 0 Å². The molecule has 1 aliphatic heterocycles. The molecule has 76 valence electrons. The Balaban J connectivity index is 2.21. The lowest BCUT2D eigenvalue weighted by Crippen LogP contribution is -2.34. The van der Waals surface area contributed by atoms with Crippen molar-refractivity contribution in [3.8, 4) is 0 Å². The molecule has 0 bridgehead atoms. The Morgan fingerprint density at radius 2 is 1.86 bits per heavy atom. The van der Waals surface area contributed by atoms with Crippen molar-refractivity contribution in [1.82, 2.24) is 5.32 Å². The molecule has 1 fully saturated rings. The van der Waals surface area contributed by atoms with Gasteiger partial charge in [0.1, 0.15) is 0 Å². The first-order chi connectivity index (χ1) is 6.58. The van der Waals surface area contributed by atoms with Crippen LogP contribution >= 0.6 is 11.8 Å². The van der Waals surface area contributed by atoms with Crippen LogP contribution in [0.2, 0.25) is 0 Å². The first-order valence-corrected chi connectivity index (χ1v) is 5.97. The summed E-state index contributed by atoms with van der Waals surface area (Å²) >= 11 is 2.02. The van der Waals surface area contributed by atoms with E-state index in [4.69, 9.17) is 0 Å². The topological polar surface area (TPSA) is 12.0 Å². The molecule has 0 aliphatic carbocycles. The molecule has 1 nitrogen and oxygen atoms in total. The Morgan fingerprint density at radius 1 is 1.21 bits per heavy atom. The van der Waals surface area contributed by atoms with Crippen molar-refractivity contribution in [1.29, 1.82) is 0 Å². The maximum Gasteiger partial charge on any atom is 0.0597 e. The normalized spacial score (nSPS) is 30.5. The zero-order chi connectivity index (χ0) is 10.2. The van der Waals surface area contributed by atoms with Crippen molar-refractivity contribution in [2.45, 2.75) is 36.9 Å². The Hall–Kier alpha value is -0.470. The van der Waals surface area contributed by atoms with Gasteiger partial charge < -0.3 is 0 Å². The monoisotopic (exact) mass is 207 g/mol. The lowest BCUT2D eigenvalue weighted by atomic mass is 10.1. The molecule has 0 amide bonds. The molecule has 0 aromatic heterocycles. The van der Waals surface area contributed by atoms with Gasteiger partial charge in [0.15, 0.2) is 0 Å². The van der Waals surface area contributed by atoms with E-state index >= 15 is 0 Å². The smallest absolute Gasteiger partial charge is 0.0597 e. The molecule has 1 N–H and O–H groups in total. The SMILES string of the molecule is C[C@H]1NC(C)(C)S[C@H]1c1ccccc1. The molecular weight excluding hydrogens is 190 g/mol. The molecule has 0 spiro atoms. The van der Waals surface area contributed by atoms with E-state index in [-0.39, 0.29) is 4.87 Å². The third-order valence-electron chi connectivity index (χ3n) is 2.58. The number of rotatable bonds is 1. The predicted octanol–water partition coefficient (Wildman–Crippen LogP) is 3.19. The molecule has 2 rings (SSSR count). The number of nitrogens with one attached hydrogen (secondary N) is 1. The molecule has 1 aromatic rings.